The summed E-state index contributed by atoms with van der Waals surface area (Å²) in [6.07, 6.45) is 1.52. The summed E-state index contributed by atoms with van der Waals surface area (Å²) in [5.41, 5.74) is 2.36. The largest absolute Gasteiger partial charge is 0.241 e. The van der Waals surface area contributed by atoms with Gasteiger partial charge in [-0.15, -0.1) is 10.2 Å². The first kappa shape index (κ1) is 15.0. The number of amidine groups is 1. The molecule has 3 rings (SSSR count). The second-order valence-electron chi connectivity index (χ2n) is 5.12. The van der Waals surface area contributed by atoms with Crippen molar-refractivity contribution in [1.82, 2.24) is 0 Å². The van der Waals surface area contributed by atoms with Gasteiger partial charge in [-0.3, -0.25) is 0 Å². The Labute approximate surface area is 139 Å². The molecule has 0 amide bonds. The summed E-state index contributed by atoms with van der Waals surface area (Å²) in [6, 6.07) is 18.2. The molecule has 0 bridgehead atoms. The van der Waals surface area contributed by atoms with E-state index in [1.165, 1.54) is 5.56 Å². The molecule has 2 aromatic rings. The molecule has 0 radical (unpaired) electrons. The van der Waals surface area contributed by atoms with Crippen molar-refractivity contribution in [2.75, 3.05) is 0 Å². The van der Waals surface area contributed by atoms with E-state index in [2.05, 4.69) is 33.4 Å². The van der Waals surface area contributed by atoms with E-state index in [0.29, 0.717) is 17.4 Å². The standard InChI is InChI=1S/C17H14ClN3S/c18-15-9-5-4-8-13(15)10-14(12-6-2-1-3-7-12)11-16-19-17(22)21-20-16/h1-9,14H,10-11H2. The van der Waals surface area contributed by atoms with Gasteiger partial charge in [0.05, 0.1) is 0 Å². The number of azo groups is 1. The highest BCUT2D eigenvalue weighted by atomic mass is 35.5. The molecule has 0 aromatic heterocycles. The molecule has 1 aliphatic heterocycles. The molecule has 0 fully saturated rings. The van der Waals surface area contributed by atoms with Crippen LogP contribution in [0.2, 0.25) is 5.02 Å². The zero-order valence-corrected chi connectivity index (χ0v) is 13.4. The van der Waals surface area contributed by atoms with Gasteiger partial charge in [0.1, 0.15) is 0 Å². The summed E-state index contributed by atoms with van der Waals surface area (Å²) in [6.45, 7) is 0. The Hall–Kier alpha value is -1.91. The maximum atomic E-state index is 6.30. The lowest BCUT2D eigenvalue weighted by molar-refractivity contribution is 0.711. The van der Waals surface area contributed by atoms with Crippen molar-refractivity contribution >= 4 is 34.8 Å². The third kappa shape index (κ3) is 3.64. The minimum atomic E-state index is 0.236. The van der Waals surface area contributed by atoms with Crippen molar-refractivity contribution < 1.29 is 0 Å². The van der Waals surface area contributed by atoms with Gasteiger partial charge in [-0.05, 0) is 41.7 Å². The molecule has 0 saturated heterocycles. The van der Waals surface area contributed by atoms with E-state index in [1.54, 1.807) is 0 Å². The Morgan fingerprint density at radius 3 is 2.32 bits per heavy atom. The van der Waals surface area contributed by atoms with E-state index in [0.717, 1.165) is 17.0 Å². The maximum absolute atomic E-state index is 6.30. The molecule has 0 N–H and O–H groups in total. The van der Waals surface area contributed by atoms with Gasteiger partial charge in [0.15, 0.2) is 5.84 Å². The van der Waals surface area contributed by atoms with Crippen LogP contribution < -0.4 is 0 Å². The molecule has 5 heteroatoms. The Balaban J connectivity index is 1.87. The van der Waals surface area contributed by atoms with Crippen molar-refractivity contribution in [2.24, 2.45) is 15.2 Å². The van der Waals surface area contributed by atoms with Crippen molar-refractivity contribution in [1.29, 1.82) is 0 Å². The molecule has 0 spiro atoms. The summed E-state index contributed by atoms with van der Waals surface area (Å²) in [5.74, 6) is 0.922. The number of hydrogen-bond acceptors (Lipinski definition) is 2. The first-order valence-electron chi connectivity index (χ1n) is 7.04. The lowest BCUT2D eigenvalue weighted by Gasteiger charge is -2.17. The number of rotatable bonds is 5. The van der Waals surface area contributed by atoms with Gasteiger partial charge >= 0.3 is 0 Å². The van der Waals surface area contributed by atoms with E-state index in [-0.39, 0.29) is 5.92 Å². The second-order valence-corrected chi connectivity index (χ2v) is 5.89. The lowest BCUT2D eigenvalue weighted by atomic mass is 9.89. The molecule has 1 unspecified atom stereocenters. The molecule has 1 aliphatic rings. The number of thiocarbonyl (C=S) groups is 1. The summed E-state index contributed by atoms with van der Waals surface area (Å²) < 4.78 is 0. The van der Waals surface area contributed by atoms with Crippen LogP contribution in [-0.4, -0.2) is 10.9 Å². The minimum absolute atomic E-state index is 0.236. The van der Waals surface area contributed by atoms with Gasteiger partial charge < -0.3 is 0 Å². The lowest BCUT2D eigenvalue weighted by Crippen LogP contribution is -2.08. The summed E-state index contributed by atoms with van der Waals surface area (Å²) in [5, 5.41) is 8.95. The number of hydrogen-bond donors (Lipinski definition) is 0. The normalized spacial score (nSPS) is 15.0. The van der Waals surface area contributed by atoms with Crippen molar-refractivity contribution in [3.63, 3.8) is 0 Å². The average Bonchev–Trinajstić information content (AvgIpc) is 2.95. The van der Waals surface area contributed by atoms with Gasteiger partial charge in [0.2, 0.25) is 5.11 Å². The van der Waals surface area contributed by atoms with Crippen LogP contribution in [0.3, 0.4) is 0 Å². The Bertz CT molecular complexity index is 741. The highest BCUT2D eigenvalue weighted by molar-refractivity contribution is 7.80. The van der Waals surface area contributed by atoms with Crippen molar-refractivity contribution in [3.8, 4) is 0 Å². The molecule has 2 aromatic carbocycles. The number of benzene rings is 2. The number of aliphatic imine (C=N–C) groups is 1. The SMILES string of the molecule is S=C1N=NC(CC(Cc2ccccc2Cl)c2ccccc2)=N1. The molecule has 0 saturated carbocycles. The van der Waals surface area contributed by atoms with E-state index >= 15 is 0 Å². The topological polar surface area (TPSA) is 37.1 Å². The summed E-state index contributed by atoms with van der Waals surface area (Å²) in [4.78, 5) is 4.20. The quantitative estimate of drug-likeness (QED) is 0.695. The number of nitrogens with zero attached hydrogens (tertiary/aromatic N) is 3. The number of halogens is 1. The van der Waals surface area contributed by atoms with Crippen LogP contribution in [-0.2, 0) is 6.42 Å². The monoisotopic (exact) mass is 327 g/mol. The highest BCUT2D eigenvalue weighted by Crippen LogP contribution is 2.29. The molecule has 0 aliphatic carbocycles. The minimum Gasteiger partial charge on any atom is -0.200 e. The van der Waals surface area contributed by atoms with Crippen LogP contribution in [0.4, 0.5) is 0 Å². The van der Waals surface area contributed by atoms with Crippen LogP contribution in [0, 0.1) is 0 Å². The Morgan fingerprint density at radius 2 is 1.64 bits per heavy atom. The van der Waals surface area contributed by atoms with E-state index in [1.807, 2.05) is 36.4 Å². The molecule has 1 heterocycles. The first-order valence-corrected chi connectivity index (χ1v) is 7.82. The van der Waals surface area contributed by atoms with Gasteiger partial charge in [0, 0.05) is 11.4 Å². The molecule has 22 heavy (non-hydrogen) atoms. The van der Waals surface area contributed by atoms with E-state index < -0.39 is 0 Å². The van der Waals surface area contributed by atoms with Crippen LogP contribution in [0.1, 0.15) is 23.5 Å². The highest BCUT2D eigenvalue weighted by Gasteiger charge is 2.19. The van der Waals surface area contributed by atoms with Crippen LogP contribution in [0.15, 0.2) is 69.8 Å². The first-order chi connectivity index (χ1) is 10.7. The van der Waals surface area contributed by atoms with E-state index in [4.69, 9.17) is 23.8 Å². The van der Waals surface area contributed by atoms with Gasteiger partial charge in [-0.2, -0.15) is 4.99 Å². The maximum Gasteiger partial charge on any atom is 0.241 e. The fourth-order valence-electron chi connectivity index (χ4n) is 2.52. The zero-order chi connectivity index (χ0) is 15.4. The predicted octanol–water partition coefficient (Wildman–Crippen LogP) is 5.21. The van der Waals surface area contributed by atoms with Gasteiger partial charge in [0.25, 0.3) is 0 Å². The third-order valence-electron chi connectivity index (χ3n) is 3.60. The third-order valence-corrected chi connectivity index (χ3v) is 4.14. The summed E-state index contributed by atoms with van der Waals surface area (Å²) >= 11 is 11.2. The zero-order valence-electron chi connectivity index (χ0n) is 11.8. The molecule has 1 atom stereocenters. The fraction of sp³-hybridized carbons (Fsp3) is 0.176. The van der Waals surface area contributed by atoms with E-state index in [9.17, 15) is 0 Å². The van der Waals surface area contributed by atoms with Gasteiger partial charge in [-0.1, -0.05) is 60.1 Å². The van der Waals surface area contributed by atoms with Gasteiger partial charge in [-0.25, -0.2) is 0 Å². The van der Waals surface area contributed by atoms with Crippen LogP contribution in [0.25, 0.3) is 0 Å². The molecule has 110 valence electrons. The van der Waals surface area contributed by atoms with Crippen LogP contribution >= 0.6 is 23.8 Å². The molecular formula is C17H14ClN3S. The van der Waals surface area contributed by atoms with Crippen molar-refractivity contribution in [2.45, 2.75) is 18.8 Å². The Kier molecular flexibility index (Phi) is 4.71. The second kappa shape index (κ2) is 6.90. The Morgan fingerprint density at radius 1 is 0.909 bits per heavy atom. The average molecular weight is 328 g/mol. The smallest absolute Gasteiger partial charge is 0.200 e. The molecular weight excluding hydrogens is 314 g/mol. The summed E-state index contributed by atoms with van der Waals surface area (Å²) in [7, 11) is 0. The molecule has 3 nitrogen and oxygen atoms in total. The fourth-order valence-corrected chi connectivity index (χ4v) is 2.88. The van der Waals surface area contributed by atoms with Crippen molar-refractivity contribution in [3.05, 3.63) is 70.7 Å². The predicted molar refractivity (Wildman–Crippen MR) is 93.8 cm³/mol. The van der Waals surface area contributed by atoms with Crippen LogP contribution in [0.5, 0.6) is 0 Å².